The fourth-order valence-electron chi connectivity index (χ4n) is 6.11. The Hall–Kier alpha value is -3.14. The molecule has 3 N–H and O–H groups in total. The van der Waals surface area contributed by atoms with Crippen molar-refractivity contribution in [3.63, 3.8) is 0 Å². The monoisotopic (exact) mass is 555 g/mol. The highest BCUT2D eigenvalue weighted by Gasteiger charge is 2.48. The molecule has 2 fully saturated rings. The van der Waals surface area contributed by atoms with E-state index in [-0.39, 0.29) is 11.8 Å². The van der Waals surface area contributed by atoms with Crippen LogP contribution in [0.15, 0.2) is 36.8 Å². The van der Waals surface area contributed by atoms with Crippen LogP contribution >= 0.6 is 12.2 Å². The molecule has 1 aliphatic carbocycles. The number of imidazole rings is 1. The standard InChI is InChI=1S/C29H41N5O4S/c1-33-19-23(31-20-33)12-15-30-28(39)32-25(18-21-8-10-24(38-2)11-9-21)26(35)34-16-13-29(14-17-34,27(36)37)22-6-4-3-5-7-22/h8-11,19-20,22,25H,3-7,12-18H2,1-2H3,(H,36,37)(H2,30,32,39). The van der Waals surface area contributed by atoms with Crippen molar-refractivity contribution in [2.75, 3.05) is 26.7 Å². The van der Waals surface area contributed by atoms with Gasteiger partial charge in [-0.3, -0.25) is 9.59 Å². The largest absolute Gasteiger partial charge is 0.497 e. The number of rotatable bonds is 10. The van der Waals surface area contributed by atoms with Crippen LogP contribution in [-0.4, -0.2) is 69.3 Å². The van der Waals surface area contributed by atoms with E-state index in [0.717, 1.165) is 42.7 Å². The van der Waals surface area contributed by atoms with Gasteiger partial charge in [0, 0.05) is 45.7 Å². The third kappa shape index (κ3) is 7.29. The van der Waals surface area contributed by atoms with Crippen LogP contribution in [0.5, 0.6) is 5.75 Å². The Bertz CT molecular complexity index is 1120. The zero-order chi connectivity index (χ0) is 27.8. The number of carbonyl (C=O) groups is 2. The second-order valence-corrected chi connectivity index (χ2v) is 11.3. The fourth-order valence-corrected chi connectivity index (χ4v) is 6.35. The number of hydrogen-bond acceptors (Lipinski definition) is 5. The average Bonchev–Trinajstić information content (AvgIpc) is 3.37. The average molecular weight is 556 g/mol. The third-order valence-corrected chi connectivity index (χ3v) is 8.67. The molecule has 10 heteroatoms. The molecule has 0 bridgehead atoms. The minimum Gasteiger partial charge on any atom is -0.497 e. The Kier molecular flexibility index (Phi) is 9.83. The van der Waals surface area contributed by atoms with E-state index in [4.69, 9.17) is 17.0 Å². The van der Waals surface area contributed by atoms with E-state index in [0.29, 0.717) is 50.4 Å². The number of piperidine rings is 1. The molecule has 0 radical (unpaired) electrons. The number of aryl methyl sites for hydroxylation is 1. The van der Waals surface area contributed by atoms with Gasteiger partial charge < -0.3 is 29.9 Å². The lowest BCUT2D eigenvalue weighted by Crippen LogP contribution is -2.56. The SMILES string of the molecule is COc1ccc(CC(NC(=S)NCCc2cn(C)cn2)C(=O)N2CCC(C(=O)O)(C3CCCCC3)CC2)cc1. The van der Waals surface area contributed by atoms with E-state index in [9.17, 15) is 14.7 Å². The maximum atomic E-state index is 13.8. The molecular weight excluding hydrogens is 514 g/mol. The van der Waals surface area contributed by atoms with Crippen LogP contribution in [0, 0.1) is 11.3 Å². The van der Waals surface area contributed by atoms with Crippen LogP contribution in [0.3, 0.4) is 0 Å². The number of nitrogens with one attached hydrogen (secondary N) is 2. The maximum Gasteiger partial charge on any atom is 0.310 e. The summed E-state index contributed by atoms with van der Waals surface area (Å²) < 4.78 is 7.18. The van der Waals surface area contributed by atoms with Crippen molar-refractivity contribution < 1.29 is 19.4 Å². The van der Waals surface area contributed by atoms with Crippen molar-refractivity contribution in [3.05, 3.63) is 48.0 Å². The highest BCUT2D eigenvalue weighted by Crippen LogP contribution is 2.46. The van der Waals surface area contributed by atoms with E-state index in [2.05, 4.69) is 15.6 Å². The fraction of sp³-hybridized carbons (Fsp3) is 0.586. The molecule has 1 saturated heterocycles. The quantitative estimate of drug-likeness (QED) is 0.383. The number of nitrogens with zero attached hydrogens (tertiary/aromatic N) is 3. The van der Waals surface area contributed by atoms with Crippen LogP contribution in [0.2, 0.25) is 0 Å². The number of benzene rings is 1. The summed E-state index contributed by atoms with van der Waals surface area (Å²) in [6.07, 6.45) is 11.2. The molecule has 0 spiro atoms. The van der Waals surface area contributed by atoms with Crippen LogP contribution < -0.4 is 15.4 Å². The number of likely N-dealkylation sites (tertiary alicyclic amines) is 1. The van der Waals surface area contributed by atoms with Crippen molar-refractivity contribution in [2.45, 2.75) is 63.8 Å². The lowest BCUT2D eigenvalue weighted by atomic mass is 9.64. The molecule has 1 aromatic heterocycles. The maximum absolute atomic E-state index is 13.8. The Morgan fingerprint density at radius 1 is 1.18 bits per heavy atom. The summed E-state index contributed by atoms with van der Waals surface area (Å²) in [7, 11) is 3.56. The van der Waals surface area contributed by atoms with Crippen molar-refractivity contribution in [2.24, 2.45) is 18.4 Å². The molecular formula is C29H41N5O4S. The van der Waals surface area contributed by atoms with Crippen molar-refractivity contribution in [1.29, 1.82) is 0 Å². The molecule has 39 heavy (non-hydrogen) atoms. The first-order chi connectivity index (χ1) is 18.8. The Morgan fingerprint density at radius 3 is 2.46 bits per heavy atom. The van der Waals surface area contributed by atoms with E-state index in [1.54, 1.807) is 13.4 Å². The molecule has 1 atom stereocenters. The predicted octanol–water partition coefficient (Wildman–Crippen LogP) is 3.32. The molecule has 1 saturated carbocycles. The zero-order valence-electron chi connectivity index (χ0n) is 23.0. The summed E-state index contributed by atoms with van der Waals surface area (Å²) in [5, 5.41) is 17.1. The molecule has 1 aromatic carbocycles. The first-order valence-electron chi connectivity index (χ1n) is 14.0. The van der Waals surface area contributed by atoms with Gasteiger partial charge in [-0.1, -0.05) is 31.4 Å². The predicted molar refractivity (Wildman–Crippen MR) is 154 cm³/mol. The number of hydrogen-bond donors (Lipinski definition) is 3. The Morgan fingerprint density at radius 2 is 1.87 bits per heavy atom. The van der Waals surface area contributed by atoms with E-state index in [1.165, 1.54) is 6.42 Å². The first kappa shape index (κ1) is 28.9. The van der Waals surface area contributed by atoms with E-state index < -0.39 is 17.4 Å². The van der Waals surface area contributed by atoms with Crippen molar-refractivity contribution in [1.82, 2.24) is 25.1 Å². The summed E-state index contributed by atoms with van der Waals surface area (Å²) in [4.78, 5) is 32.4. The molecule has 9 nitrogen and oxygen atoms in total. The smallest absolute Gasteiger partial charge is 0.310 e. The number of carboxylic acid groups (broad SMARTS) is 1. The molecule has 212 valence electrons. The Balaban J connectivity index is 1.41. The van der Waals surface area contributed by atoms with Gasteiger partial charge in [0.1, 0.15) is 11.8 Å². The van der Waals surface area contributed by atoms with Crippen LogP contribution in [0.4, 0.5) is 0 Å². The third-order valence-electron chi connectivity index (χ3n) is 8.41. The number of aliphatic carboxylic acids is 1. The topological polar surface area (TPSA) is 109 Å². The van der Waals surface area contributed by atoms with Crippen molar-refractivity contribution >= 4 is 29.2 Å². The van der Waals surface area contributed by atoms with Gasteiger partial charge in [0.15, 0.2) is 5.11 Å². The normalized spacial score (nSPS) is 18.3. The van der Waals surface area contributed by atoms with Crippen LogP contribution in [0.25, 0.3) is 0 Å². The lowest BCUT2D eigenvalue weighted by Gasteiger charge is -2.45. The van der Waals surface area contributed by atoms with Gasteiger partial charge in [-0.15, -0.1) is 0 Å². The summed E-state index contributed by atoms with van der Waals surface area (Å²) in [6, 6.07) is 7.10. The highest BCUT2D eigenvalue weighted by molar-refractivity contribution is 7.80. The summed E-state index contributed by atoms with van der Waals surface area (Å²) in [5.41, 5.74) is 1.22. The van der Waals surface area contributed by atoms with Gasteiger partial charge in [0.05, 0.1) is 24.5 Å². The van der Waals surface area contributed by atoms with Gasteiger partial charge in [-0.05, 0) is 61.5 Å². The van der Waals surface area contributed by atoms with Gasteiger partial charge in [-0.25, -0.2) is 4.98 Å². The van der Waals surface area contributed by atoms with Gasteiger partial charge >= 0.3 is 5.97 Å². The summed E-state index contributed by atoms with van der Waals surface area (Å²) in [6.45, 7) is 1.49. The molecule has 4 rings (SSSR count). The van der Waals surface area contributed by atoms with E-state index >= 15 is 0 Å². The van der Waals surface area contributed by atoms with Crippen molar-refractivity contribution in [3.8, 4) is 5.75 Å². The van der Waals surface area contributed by atoms with E-state index in [1.807, 2.05) is 47.0 Å². The highest BCUT2D eigenvalue weighted by atomic mass is 32.1. The molecule has 1 aliphatic heterocycles. The minimum atomic E-state index is -0.724. The van der Waals surface area contributed by atoms with Gasteiger partial charge in [0.25, 0.3) is 0 Å². The second kappa shape index (κ2) is 13.3. The number of carboxylic acids is 1. The molecule has 2 aromatic rings. The lowest BCUT2D eigenvalue weighted by molar-refractivity contribution is -0.160. The number of ether oxygens (including phenoxy) is 1. The number of amides is 1. The summed E-state index contributed by atoms with van der Waals surface area (Å²) in [5.74, 6) is 0.199. The van der Waals surface area contributed by atoms with Gasteiger partial charge in [-0.2, -0.15) is 0 Å². The second-order valence-electron chi connectivity index (χ2n) is 10.9. The number of methoxy groups -OCH3 is 1. The molecule has 1 amide bonds. The Labute approximate surface area is 236 Å². The first-order valence-corrected chi connectivity index (χ1v) is 14.4. The zero-order valence-corrected chi connectivity index (χ0v) is 23.8. The van der Waals surface area contributed by atoms with Crippen LogP contribution in [0.1, 0.15) is 56.2 Å². The molecule has 2 heterocycles. The molecule has 1 unspecified atom stereocenters. The number of thiocarbonyl (C=S) groups is 1. The minimum absolute atomic E-state index is 0.0534. The summed E-state index contributed by atoms with van der Waals surface area (Å²) >= 11 is 5.57. The van der Waals surface area contributed by atoms with Gasteiger partial charge in [0.2, 0.25) is 5.91 Å². The molecule has 2 aliphatic rings. The number of aromatic nitrogens is 2. The van der Waals surface area contributed by atoms with Crippen LogP contribution in [-0.2, 0) is 29.5 Å². The number of carbonyl (C=O) groups excluding carboxylic acids is 1.